The lowest BCUT2D eigenvalue weighted by Crippen LogP contribution is -2.75. The van der Waals surface area contributed by atoms with Gasteiger partial charge in [0.2, 0.25) is 0 Å². The van der Waals surface area contributed by atoms with Gasteiger partial charge in [-0.1, -0.05) is 25.5 Å². The number of hydrogen-bond donors (Lipinski definition) is 4. The first-order valence-corrected chi connectivity index (χ1v) is 10.0. The van der Waals surface area contributed by atoms with Crippen molar-refractivity contribution in [3.8, 4) is 0 Å². The molecule has 5 nitrogen and oxygen atoms in total. The van der Waals surface area contributed by atoms with Crippen LogP contribution in [0.3, 0.4) is 0 Å². The van der Waals surface area contributed by atoms with E-state index in [4.69, 9.17) is 0 Å². The minimum Gasteiger partial charge on any atom is -0.393 e. The minimum atomic E-state index is -1.49. The Morgan fingerprint density at radius 2 is 1.85 bits per heavy atom. The Kier molecular flexibility index (Phi) is 3.87. The molecule has 0 aromatic rings. The molecule has 0 bridgehead atoms. The maximum absolute atomic E-state index is 12.2. The average Bonchev–Trinajstić information content (AvgIpc) is 2.86. The van der Waals surface area contributed by atoms with E-state index in [-0.39, 0.29) is 23.2 Å². The van der Waals surface area contributed by atoms with Crippen LogP contribution < -0.4 is 0 Å². The van der Waals surface area contributed by atoms with E-state index >= 15 is 0 Å². The van der Waals surface area contributed by atoms with Crippen LogP contribution in [0.15, 0.2) is 11.6 Å². The van der Waals surface area contributed by atoms with Gasteiger partial charge in [-0.15, -0.1) is 0 Å². The molecular weight excluding hydrogens is 332 g/mol. The van der Waals surface area contributed by atoms with Crippen molar-refractivity contribution in [3.05, 3.63) is 11.6 Å². The summed E-state index contributed by atoms with van der Waals surface area (Å²) in [5.41, 5.74) is -3.06. The van der Waals surface area contributed by atoms with Crippen molar-refractivity contribution < 1.29 is 25.2 Å². The Balaban J connectivity index is 1.84. The Bertz CT molecular complexity index is 673. The Morgan fingerprint density at radius 3 is 2.50 bits per heavy atom. The third-order valence-corrected chi connectivity index (χ3v) is 8.96. The molecule has 3 fully saturated rings. The van der Waals surface area contributed by atoms with Gasteiger partial charge in [-0.3, -0.25) is 4.79 Å². The molecule has 0 unspecified atom stereocenters. The van der Waals surface area contributed by atoms with Crippen molar-refractivity contribution in [1.82, 2.24) is 0 Å². The zero-order valence-corrected chi connectivity index (χ0v) is 16.0. The van der Waals surface area contributed by atoms with Crippen LogP contribution in [-0.2, 0) is 4.79 Å². The summed E-state index contributed by atoms with van der Waals surface area (Å²) in [4.78, 5) is 12.2. The molecule has 0 aromatic carbocycles. The number of ketones is 1. The van der Waals surface area contributed by atoms with Gasteiger partial charge in [-0.25, -0.2) is 0 Å². The van der Waals surface area contributed by atoms with Gasteiger partial charge in [0.15, 0.2) is 0 Å². The highest BCUT2D eigenvalue weighted by molar-refractivity contribution is 5.80. The molecule has 0 heterocycles. The van der Waals surface area contributed by atoms with E-state index < -0.39 is 28.6 Å². The van der Waals surface area contributed by atoms with Gasteiger partial charge in [0.05, 0.1) is 12.2 Å². The molecule has 0 radical (unpaired) electrons. The van der Waals surface area contributed by atoms with E-state index in [1.54, 1.807) is 6.92 Å². The fourth-order valence-electron chi connectivity index (χ4n) is 7.29. The highest BCUT2D eigenvalue weighted by atomic mass is 16.4. The summed E-state index contributed by atoms with van der Waals surface area (Å²) in [7, 11) is 0. The molecule has 0 saturated heterocycles. The van der Waals surface area contributed by atoms with Crippen LogP contribution in [0.5, 0.6) is 0 Å². The number of rotatable bonds is 1. The molecule has 8 atom stereocenters. The summed E-state index contributed by atoms with van der Waals surface area (Å²) in [6.45, 7) is 5.42. The SMILES string of the molecule is CC(=O)[C@H]1CC[C@@]2(O)[C@]1(C)[C@H](O)C[C@@H]1[C@]3(C)CC[C@H](O)CC3=CC[C@]12O. The van der Waals surface area contributed by atoms with E-state index in [9.17, 15) is 25.2 Å². The molecule has 0 aromatic heterocycles. The first-order chi connectivity index (χ1) is 12.0. The first-order valence-electron chi connectivity index (χ1n) is 10.0. The van der Waals surface area contributed by atoms with E-state index in [2.05, 4.69) is 6.92 Å². The second-order valence-electron chi connectivity index (χ2n) is 9.82. The van der Waals surface area contributed by atoms with Crippen molar-refractivity contribution in [3.63, 3.8) is 0 Å². The standard InChI is InChI=1S/C21H32O5/c1-12(22)15-6-9-21(26)19(15,3)17(24)11-16-18(2)7-5-14(23)10-13(18)4-8-20(16,21)25/h4,14-17,23-26H,5-11H2,1-3H3/t14-,15+,16+,17+,18+,19-,20-,21+/m0/s1. The van der Waals surface area contributed by atoms with Crippen LogP contribution in [0, 0.1) is 22.7 Å². The third kappa shape index (κ3) is 1.93. The first kappa shape index (κ1) is 18.6. The molecule has 146 valence electrons. The van der Waals surface area contributed by atoms with Crippen molar-refractivity contribution >= 4 is 5.78 Å². The molecule has 3 saturated carbocycles. The van der Waals surface area contributed by atoms with E-state index in [0.29, 0.717) is 38.5 Å². The van der Waals surface area contributed by atoms with Gasteiger partial charge < -0.3 is 20.4 Å². The minimum absolute atomic E-state index is 0.0245. The Morgan fingerprint density at radius 1 is 1.15 bits per heavy atom. The third-order valence-electron chi connectivity index (χ3n) is 8.96. The molecule has 4 rings (SSSR count). The van der Waals surface area contributed by atoms with Crippen LogP contribution in [-0.4, -0.2) is 49.6 Å². The lowest BCUT2D eigenvalue weighted by Gasteiger charge is -2.66. The van der Waals surface area contributed by atoms with Gasteiger partial charge in [-0.05, 0) is 57.3 Å². The molecule has 4 aliphatic carbocycles. The highest BCUT2D eigenvalue weighted by Gasteiger charge is 2.76. The Labute approximate surface area is 155 Å². The molecule has 26 heavy (non-hydrogen) atoms. The van der Waals surface area contributed by atoms with Gasteiger partial charge in [0.25, 0.3) is 0 Å². The van der Waals surface area contributed by atoms with Crippen LogP contribution in [0.2, 0.25) is 0 Å². The fourth-order valence-corrected chi connectivity index (χ4v) is 7.29. The summed E-state index contributed by atoms with van der Waals surface area (Å²) in [6, 6.07) is 0. The van der Waals surface area contributed by atoms with Crippen molar-refractivity contribution in [2.45, 2.75) is 89.1 Å². The number of aliphatic hydroxyl groups is 4. The van der Waals surface area contributed by atoms with Crippen LogP contribution >= 0.6 is 0 Å². The smallest absolute Gasteiger partial charge is 0.133 e. The zero-order valence-electron chi connectivity index (χ0n) is 16.0. The zero-order chi connectivity index (χ0) is 19.1. The summed E-state index contributed by atoms with van der Waals surface area (Å²) in [5.74, 6) is -0.733. The quantitative estimate of drug-likeness (QED) is 0.531. The Hall–Kier alpha value is -0.750. The molecule has 4 aliphatic rings. The van der Waals surface area contributed by atoms with Crippen molar-refractivity contribution in [1.29, 1.82) is 0 Å². The highest BCUT2D eigenvalue weighted by Crippen LogP contribution is 2.69. The summed E-state index contributed by atoms with van der Waals surface area (Å²) < 4.78 is 0. The number of Topliss-reactive ketones (excluding diaryl/α,β-unsaturated/α-hetero) is 1. The fraction of sp³-hybridized carbons (Fsp3) is 0.857. The predicted octanol–water partition coefficient (Wildman–Crippen LogP) is 1.72. The normalized spacial score (nSPS) is 56.2. The second-order valence-corrected chi connectivity index (χ2v) is 9.82. The predicted molar refractivity (Wildman–Crippen MR) is 96.2 cm³/mol. The molecule has 5 heteroatoms. The molecule has 0 aliphatic heterocycles. The number of hydrogen-bond acceptors (Lipinski definition) is 5. The second kappa shape index (κ2) is 5.40. The number of carbonyl (C=O) groups is 1. The van der Waals surface area contributed by atoms with Gasteiger partial charge >= 0.3 is 0 Å². The van der Waals surface area contributed by atoms with Gasteiger partial charge in [-0.2, -0.15) is 0 Å². The maximum Gasteiger partial charge on any atom is 0.133 e. The number of carbonyl (C=O) groups excluding carboxylic acids is 1. The molecule has 0 amide bonds. The van der Waals surface area contributed by atoms with Gasteiger partial charge in [0, 0.05) is 17.3 Å². The molecular formula is C21H32O5. The summed E-state index contributed by atoms with van der Waals surface area (Å²) in [5, 5.41) is 44.9. The lowest BCUT2D eigenvalue weighted by atomic mass is 9.43. The average molecular weight is 364 g/mol. The van der Waals surface area contributed by atoms with Crippen molar-refractivity contribution in [2.75, 3.05) is 0 Å². The van der Waals surface area contributed by atoms with Crippen LogP contribution in [0.1, 0.15) is 65.7 Å². The number of aliphatic hydroxyl groups excluding tert-OH is 2. The summed E-state index contributed by atoms with van der Waals surface area (Å²) >= 11 is 0. The summed E-state index contributed by atoms with van der Waals surface area (Å²) in [6.07, 6.45) is 4.36. The van der Waals surface area contributed by atoms with E-state index in [1.165, 1.54) is 6.92 Å². The van der Waals surface area contributed by atoms with Crippen LogP contribution in [0.25, 0.3) is 0 Å². The monoisotopic (exact) mass is 364 g/mol. The molecule has 0 spiro atoms. The van der Waals surface area contributed by atoms with E-state index in [1.807, 2.05) is 6.08 Å². The topological polar surface area (TPSA) is 98.0 Å². The van der Waals surface area contributed by atoms with Crippen LogP contribution in [0.4, 0.5) is 0 Å². The maximum atomic E-state index is 12.2. The number of fused-ring (bicyclic) bond motifs is 5. The largest absolute Gasteiger partial charge is 0.393 e. The van der Waals surface area contributed by atoms with Crippen molar-refractivity contribution in [2.24, 2.45) is 22.7 Å². The van der Waals surface area contributed by atoms with E-state index in [0.717, 1.165) is 12.0 Å². The lowest BCUT2D eigenvalue weighted by molar-refractivity contribution is -0.297. The molecule has 4 N–H and O–H groups in total. The van der Waals surface area contributed by atoms with Gasteiger partial charge in [0.1, 0.15) is 17.0 Å².